The van der Waals surface area contributed by atoms with Gasteiger partial charge in [-0.2, -0.15) is 13.2 Å². The molecule has 0 saturated carbocycles. The summed E-state index contributed by atoms with van der Waals surface area (Å²) in [6.45, 7) is -0.501. The summed E-state index contributed by atoms with van der Waals surface area (Å²) in [6.07, 6.45) is -17.8. The Balaban J connectivity index is 1.96. The quantitative estimate of drug-likeness (QED) is 0.109. The van der Waals surface area contributed by atoms with E-state index < -0.39 is 92.6 Å². The van der Waals surface area contributed by atoms with E-state index >= 15 is 0 Å². The van der Waals surface area contributed by atoms with E-state index in [1.165, 1.54) is 0 Å². The van der Waals surface area contributed by atoms with Crippen molar-refractivity contribution in [1.82, 2.24) is 10.6 Å². The average Bonchev–Trinajstić information content (AvgIpc) is 2.85. The lowest BCUT2D eigenvalue weighted by atomic mass is 9.95. The fourth-order valence-electron chi connectivity index (χ4n) is 4.01. The average molecular weight is 565 g/mol. The molecule has 0 aliphatic carbocycles. The van der Waals surface area contributed by atoms with E-state index in [0.717, 1.165) is 6.92 Å². The predicted molar refractivity (Wildman–Crippen MR) is 117 cm³/mol. The third kappa shape index (κ3) is 8.67. The molecule has 0 bridgehead atoms. The molecular formula is C21H35F3N2O12. The Hall–Kier alpha value is -1.67. The second-order valence-electron chi connectivity index (χ2n) is 8.93. The summed E-state index contributed by atoms with van der Waals surface area (Å²) in [5, 5.41) is 64.4. The molecule has 0 spiro atoms. The molecular weight excluding hydrogens is 529 g/mol. The number of amides is 2. The number of aliphatic hydroxyl groups is 6. The monoisotopic (exact) mass is 564 g/mol. The maximum absolute atomic E-state index is 12.2. The molecule has 14 nitrogen and oxygen atoms in total. The van der Waals surface area contributed by atoms with Crippen LogP contribution in [0.3, 0.4) is 0 Å². The third-order valence-electron chi connectivity index (χ3n) is 6.01. The van der Waals surface area contributed by atoms with Crippen LogP contribution in [0.15, 0.2) is 0 Å². The molecule has 2 rings (SSSR count). The highest BCUT2D eigenvalue weighted by Crippen LogP contribution is 2.29. The first-order valence-electron chi connectivity index (χ1n) is 12.0. The van der Waals surface area contributed by atoms with E-state index in [1.54, 1.807) is 5.32 Å². The lowest BCUT2D eigenvalue weighted by molar-refractivity contribution is -0.348. The first-order chi connectivity index (χ1) is 17.8. The molecule has 17 heteroatoms. The molecule has 222 valence electrons. The summed E-state index contributed by atoms with van der Waals surface area (Å²) in [5.74, 6) is -2.62. The van der Waals surface area contributed by atoms with Gasteiger partial charge in [0.05, 0.1) is 13.2 Å². The van der Waals surface area contributed by atoms with Gasteiger partial charge in [-0.1, -0.05) is 0 Å². The van der Waals surface area contributed by atoms with Crippen molar-refractivity contribution in [3.8, 4) is 0 Å². The van der Waals surface area contributed by atoms with Crippen molar-refractivity contribution in [3.05, 3.63) is 0 Å². The molecule has 2 fully saturated rings. The zero-order valence-electron chi connectivity index (χ0n) is 20.5. The van der Waals surface area contributed by atoms with Crippen LogP contribution >= 0.6 is 0 Å². The molecule has 0 unspecified atom stereocenters. The van der Waals surface area contributed by atoms with E-state index in [4.69, 9.17) is 18.9 Å². The summed E-state index contributed by atoms with van der Waals surface area (Å²) in [4.78, 5) is 22.5. The molecule has 2 aliphatic rings. The van der Waals surface area contributed by atoms with E-state index in [-0.39, 0.29) is 19.6 Å². The maximum atomic E-state index is 12.2. The van der Waals surface area contributed by atoms with Gasteiger partial charge < -0.3 is 60.2 Å². The number of alkyl halides is 3. The number of hydrogen-bond donors (Lipinski definition) is 8. The highest BCUT2D eigenvalue weighted by molar-refractivity contribution is 5.81. The van der Waals surface area contributed by atoms with Gasteiger partial charge in [0.25, 0.3) is 0 Å². The normalized spacial score (nSPS) is 36.1. The van der Waals surface area contributed by atoms with E-state index in [9.17, 15) is 53.4 Å². The summed E-state index contributed by atoms with van der Waals surface area (Å²) in [7, 11) is 0. The highest BCUT2D eigenvalue weighted by Gasteiger charge is 2.51. The van der Waals surface area contributed by atoms with Crippen LogP contribution < -0.4 is 10.6 Å². The number of ether oxygens (including phenoxy) is 4. The minimum absolute atomic E-state index is 0.0168. The fourth-order valence-corrected chi connectivity index (χ4v) is 4.01. The Morgan fingerprint density at radius 3 is 2.08 bits per heavy atom. The maximum Gasteiger partial charge on any atom is 0.471 e. The molecule has 0 aromatic heterocycles. The van der Waals surface area contributed by atoms with Gasteiger partial charge in [0.2, 0.25) is 5.91 Å². The summed E-state index contributed by atoms with van der Waals surface area (Å²) >= 11 is 0. The Morgan fingerprint density at radius 2 is 1.50 bits per heavy atom. The second kappa shape index (κ2) is 14.6. The van der Waals surface area contributed by atoms with Crippen molar-refractivity contribution < 1.29 is 72.3 Å². The van der Waals surface area contributed by atoms with Gasteiger partial charge in [0.15, 0.2) is 12.6 Å². The first kappa shape index (κ1) is 32.5. The van der Waals surface area contributed by atoms with Crippen molar-refractivity contribution in [2.24, 2.45) is 0 Å². The van der Waals surface area contributed by atoms with Crippen LogP contribution in [-0.2, 0) is 28.5 Å². The fraction of sp³-hybridized carbons (Fsp3) is 0.905. The minimum atomic E-state index is -4.96. The molecule has 0 radical (unpaired) electrons. The number of carbonyl (C=O) groups is 2. The van der Waals surface area contributed by atoms with Gasteiger partial charge in [0, 0.05) is 20.1 Å². The molecule has 0 aromatic carbocycles. The number of aliphatic hydroxyl groups excluding tert-OH is 6. The number of rotatable bonds is 12. The SMILES string of the molecule is CC(=O)N[C@H]1[C@H](OCCCCCNC(=O)C(F)(F)F)O[C@H](CO)[C@@H](O[C@@H]2O[C@H](CO)[C@H](O)[C@H](O)[C@H]2O)[C@@H]1O. The number of carbonyl (C=O) groups excluding carboxylic acids is 2. The summed E-state index contributed by atoms with van der Waals surface area (Å²) < 4.78 is 58.6. The van der Waals surface area contributed by atoms with E-state index in [1.807, 2.05) is 0 Å². The molecule has 8 N–H and O–H groups in total. The minimum Gasteiger partial charge on any atom is -0.394 e. The topological polar surface area (TPSA) is 216 Å². The van der Waals surface area contributed by atoms with Crippen LogP contribution in [-0.4, -0.2) is 136 Å². The third-order valence-corrected chi connectivity index (χ3v) is 6.01. The number of nitrogens with one attached hydrogen (secondary N) is 2. The number of hydrogen-bond acceptors (Lipinski definition) is 12. The van der Waals surface area contributed by atoms with Crippen LogP contribution in [0.1, 0.15) is 26.2 Å². The summed E-state index contributed by atoms with van der Waals surface area (Å²) in [6, 6.07) is -1.24. The van der Waals surface area contributed by atoms with Gasteiger partial charge in [-0.25, -0.2) is 0 Å². The molecule has 0 aromatic rings. The van der Waals surface area contributed by atoms with Crippen LogP contribution in [0.2, 0.25) is 0 Å². The lowest BCUT2D eigenvalue weighted by Crippen LogP contribution is -2.67. The van der Waals surface area contributed by atoms with Crippen LogP contribution in [0.25, 0.3) is 0 Å². The number of halogens is 3. The van der Waals surface area contributed by atoms with Gasteiger partial charge in [-0.3, -0.25) is 9.59 Å². The van der Waals surface area contributed by atoms with Crippen molar-refractivity contribution in [1.29, 1.82) is 0 Å². The van der Waals surface area contributed by atoms with Crippen molar-refractivity contribution in [2.75, 3.05) is 26.4 Å². The zero-order chi connectivity index (χ0) is 28.6. The van der Waals surface area contributed by atoms with Gasteiger partial charge in [-0.15, -0.1) is 0 Å². The van der Waals surface area contributed by atoms with Crippen molar-refractivity contribution >= 4 is 11.8 Å². The largest absolute Gasteiger partial charge is 0.471 e. The Bertz CT molecular complexity index is 761. The first-order valence-corrected chi connectivity index (χ1v) is 12.0. The molecule has 10 atom stereocenters. The molecule has 2 heterocycles. The van der Waals surface area contributed by atoms with Crippen LogP contribution in [0, 0.1) is 0 Å². The molecule has 2 amide bonds. The number of unbranched alkanes of at least 4 members (excludes halogenated alkanes) is 2. The Kier molecular flexibility index (Phi) is 12.5. The summed E-state index contributed by atoms with van der Waals surface area (Å²) in [5.41, 5.74) is 0. The molecule has 38 heavy (non-hydrogen) atoms. The van der Waals surface area contributed by atoms with Crippen LogP contribution in [0.4, 0.5) is 13.2 Å². The standard InChI is InChI=1S/C21H35F3N2O12/c1-9(29)26-12-14(31)17(38-19-16(33)15(32)13(30)10(7-27)36-19)11(8-28)37-18(12)35-6-4-2-3-5-25-20(34)21(22,23)24/h10-19,27-28,30-33H,2-8H2,1H3,(H,25,34)(H,26,29)/t10-,11-,12-,13+,14-,15+,16-,17-,18-,19+/m1/s1. The Morgan fingerprint density at radius 1 is 0.868 bits per heavy atom. The highest BCUT2D eigenvalue weighted by atomic mass is 19.4. The smallest absolute Gasteiger partial charge is 0.394 e. The van der Waals surface area contributed by atoms with Crippen molar-refractivity contribution in [2.45, 2.75) is 93.7 Å². The zero-order valence-corrected chi connectivity index (χ0v) is 20.5. The predicted octanol–water partition coefficient (Wildman–Crippen LogP) is -3.38. The van der Waals surface area contributed by atoms with Gasteiger partial charge >= 0.3 is 12.1 Å². The van der Waals surface area contributed by atoms with Gasteiger partial charge in [-0.05, 0) is 19.3 Å². The van der Waals surface area contributed by atoms with Crippen molar-refractivity contribution in [3.63, 3.8) is 0 Å². The molecule has 2 aliphatic heterocycles. The second-order valence-corrected chi connectivity index (χ2v) is 8.93. The molecule has 2 saturated heterocycles. The van der Waals surface area contributed by atoms with Gasteiger partial charge in [0.1, 0.15) is 48.8 Å². The lowest BCUT2D eigenvalue weighted by Gasteiger charge is -2.47. The Labute approximate surface area is 215 Å². The van der Waals surface area contributed by atoms with E-state index in [2.05, 4.69) is 5.32 Å². The van der Waals surface area contributed by atoms with Crippen LogP contribution in [0.5, 0.6) is 0 Å². The van der Waals surface area contributed by atoms with E-state index in [0.29, 0.717) is 12.8 Å².